The van der Waals surface area contributed by atoms with Gasteiger partial charge in [-0.05, 0) is 45.7 Å². The minimum atomic E-state index is -0.815. The zero-order chi connectivity index (χ0) is 22.4. The molecule has 0 aliphatic carbocycles. The van der Waals surface area contributed by atoms with Crippen molar-refractivity contribution in [3.63, 3.8) is 0 Å². The quantitative estimate of drug-likeness (QED) is 0.610. The summed E-state index contributed by atoms with van der Waals surface area (Å²) in [4.78, 5) is 37.7. The molecule has 0 saturated carbocycles. The lowest BCUT2D eigenvalue weighted by molar-refractivity contribution is -0.130. The maximum atomic E-state index is 12.7. The lowest BCUT2D eigenvalue weighted by Crippen LogP contribution is -2.56. The molecule has 8 nitrogen and oxygen atoms in total. The molecular formula is C21H33N3O5. The van der Waals surface area contributed by atoms with Crippen LogP contribution >= 0.6 is 0 Å². The van der Waals surface area contributed by atoms with Gasteiger partial charge in [0, 0.05) is 17.2 Å². The number of amides is 3. The third kappa shape index (κ3) is 7.63. The third-order valence-corrected chi connectivity index (χ3v) is 4.10. The number of ether oxygens (including phenoxy) is 2. The molecule has 0 aliphatic rings. The predicted octanol–water partition coefficient (Wildman–Crippen LogP) is 1.88. The predicted molar refractivity (Wildman–Crippen MR) is 111 cm³/mol. The van der Waals surface area contributed by atoms with E-state index in [1.807, 2.05) is 34.6 Å². The number of hydrogen-bond acceptors (Lipinski definition) is 5. The zero-order valence-electron chi connectivity index (χ0n) is 18.5. The van der Waals surface area contributed by atoms with E-state index in [1.165, 1.54) is 14.2 Å². The number of hydrogen-bond donors (Lipinski definition) is 3. The Morgan fingerprint density at radius 2 is 1.38 bits per heavy atom. The molecule has 29 heavy (non-hydrogen) atoms. The molecule has 0 spiro atoms. The molecule has 3 N–H and O–H groups in total. The van der Waals surface area contributed by atoms with Gasteiger partial charge in [-0.2, -0.15) is 0 Å². The molecule has 3 amide bonds. The van der Waals surface area contributed by atoms with Crippen LogP contribution in [0.3, 0.4) is 0 Å². The van der Waals surface area contributed by atoms with Gasteiger partial charge in [-0.3, -0.25) is 14.4 Å². The summed E-state index contributed by atoms with van der Waals surface area (Å²) in [7, 11) is 2.98. The largest absolute Gasteiger partial charge is 0.497 e. The topological polar surface area (TPSA) is 106 Å². The van der Waals surface area contributed by atoms with E-state index in [9.17, 15) is 14.4 Å². The molecule has 162 valence electrons. The fourth-order valence-corrected chi connectivity index (χ4v) is 2.54. The molecule has 0 heterocycles. The van der Waals surface area contributed by atoms with Crippen molar-refractivity contribution >= 4 is 17.7 Å². The van der Waals surface area contributed by atoms with Crippen molar-refractivity contribution in [1.29, 1.82) is 0 Å². The summed E-state index contributed by atoms with van der Waals surface area (Å²) in [5, 5.41) is 8.22. The van der Waals surface area contributed by atoms with Gasteiger partial charge in [0.1, 0.15) is 23.6 Å². The Morgan fingerprint density at radius 1 is 0.862 bits per heavy atom. The fourth-order valence-electron chi connectivity index (χ4n) is 2.54. The number of methoxy groups -OCH3 is 2. The summed E-state index contributed by atoms with van der Waals surface area (Å²) in [5.74, 6) is -0.427. The third-order valence-electron chi connectivity index (χ3n) is 4.10. The Kier molecular flexibility index (Phi) is 8.48. The molecule has 0 saturated heterocycles. The van der Waals surface area contributed by atoms with Gasteiger partial charge in [0.2, 0.25) is 11.8 Å². The standard InChI is InChI=1S/C21H33N3O5/c1-12(2)17(20(27)22-13(3)18(25)24-21(4,5)6)23-19(26)14-9-15(28-7)11-16(10-14)29-8/h9-13,17H,1-8H3,(H,22,27)(H,23,26)(H,24,25)/t13-,17-/m1/s1. The molecular weight excluding hydrogens is 374 g/mol. The van der Waals surface area contributed by atoms with E-state index in [2.05, 4.69) is 16.0 Å². The molecule has 1 aromatic carbocycles. The summed E-state index contributed by atoms with van der Waals surface area (Å²) in [6.07, 6.45) is 0. The van der Waals surface area contributed by atoms with Gasteiger partial charge < -0.3 is 25.4 Å². The van der Waals surface area contributed by atoms with Crippen LogP contribution in [-0.2, 0) is 9.59 Å². The Bertz CT molecular complexity index is 718. The average molecular weight is 408 g/mol. The van der Waals surface area contributed by atoms with Crippen LogP contribution in [-0.4, -0.2) is 49.6 Å². The van der Waals surface area contributed by atoms with Crippen molar-refractivity contribution in [1.82, 2.24) is 16.0 Å². The number of carbonyl (C=O) groups excluding carboxylic acids is 3. The number of nitrogens with one attached hydrogen (secondary N) is 3. The van der Waals surface area contributed by atoms with Crippen LogP contribution in [0.4, 0.5) is 0 Å². The van der Waals surface area contributed by atoms with E-state index in [0.29, 0.717) is 17.1 Å². The van der Waals surface area contributed by atoms with Crippen molar-refractivity contribution in [2.75, 3.05) is 14.2 Å². The molecule has 0 aliphatic heterocycles. The van der Waals surface area contributed by atoms with Crippen molar-refractivity contribution in [3.8, 4) is 11.5 Å². The van der Waals surface area contributed by atoms with Gasteiger partial charge in [0.25, 0.3) is 5.91 Å². The van der Waals surface area contributed by atoms with Gasteiger partial charge in [0.05, 0.1) is 14.2 Å². The van der Waals surface area contributed by atoms with Gasteiger partial charge in [-0.25, -0.2) is 0 Å². The van der Waals surface area contributed by atoms with E-state index in [4.69, 9.17) is 9.47 Å². The second-order valence-electron chi connectivity index (χ2n) is 8.27. The first-order valence-electron chi connectivity index (χ1n) is 9.54. The molecule has 2 atom stereocenters. The monoisotopic (exact) mass is 407 g/mol. The first kappa shape index (κ1) is 24.3. The minimum Gasteiger partial charge on any atom is -0.497 e. The van der Waals surface area contributed by atoms with Gasteiger partial charge >= 0.3 is 0 Å². The molecule has 0 unspecified atom stereocenters. The van der Waals surface area contributed by atoms with Gasteiger partial charge in [-0.1, -0.05) is 13.8 Å². The first-order chi connectivity index (χ1) is 13.4. The smallest absolute Gasteiger partial charge is 0.252 e. The highest BCUT2D eigenvalue weighted by molar-refractivity contribution is 5.99. The van der Waals surface area contributed by atoms with Gasteiger partial charge in [0.15, 0.2) is 0 Å². The van der Waals surface area contributed by atoms with Crippen LogP contribution < -0.4 is 25.4 Å². The summed E-state index contributed by atoms with van der Waals surface area (Å²) in [6, 6.07) is 3.22. The summed E-state index contributed by atoms with van der Waals surface area (Å²) in [6.45, 7) is 10.8. The Balaban J connectivity index is 2.91. The lowest BCUT2D eigenvalue weighted by Gasteiger charge is -2.26. The highest BCUT2D eigenvalue weighted by Crippen LogP contribution is 2.22. The second-order valence-corrected chi connectivity index (χ2v) is 8.27. The minimum absolute atomic E-state index is 0.190. The molecule has 0 fully saturated rings. The van der Waals surface area contributed by atoms with E-state index < -0.39 is 29.4 Å². The van der Waals surface area contributed by atoms with Crippen molar-refractivity contribution in [2.24, 2.45) is 5.92 Å². The SMILES string of the molecule is COc1cc(OC)cc(C(=O)N[C@@H](C(=O)N[C@H](C)C(=O)NC(C)(C)C)C(C)C)c1. The highest BCUT2D eigenvalue weighted by atomic mass is 16.5. The van der Waals surface area contributed by atoms with Crippen molar-refractivity contribution < 1.29 is 23.9 Å². The van der Waals surface area contributed by atoms with E-state index >= 15 is 0 Å². The summed E-state index contributed by atoms with van der Waals surface area (Å²) < 4.78 is 10.4. The van der Waals surface area contributed by atoms with Crippen molar-refractivity contribution in [3.05, 3.63) is 23.8 Å². The molecule has 0 aromatic heterocycles. The van der Waals surface area contributed by atoms with Crippen LogP contribution in [0.25, 0.3) is 0 Å². The van der Waals surface area contributed by atoms with E-state index in [-0.39, 0.29) is 11.8 Å². The molecule has 1 aromatic rings. The summed E-state index contributed by atoms with van der Waals surface area (Å²) >= 11 is 0. The molecule has 0 radical (unpaired) electrons. The first-order valence-corrected chi connectivity index (χ1v) is 9.54. The van der Waals surface area contributed by atoms with Crippen molar-refractivity contribution in [2.45, 2.75) is 59.2 Å². The fraction of sp³-hybridized carbons (Fsp3) is 0.571. The van der Waals surface area contributed by atoms with Crippen LogP contribution in [0.5, 0.6) is 11.5 Å². The molecule has 0 bridgehead atoms. The van der Waals surface area contributed by atoms with Crippen LogP contribution in [0.1, 0.15) is 51.9 Å². The van der Waals surface area contributed by atoms with E-state index in [1.54, 1.807) is 25.1 Å². The van der Waals surface area contributed by atoms with Crippen LogP contribution in [0.15, 0.2) is 18.2 Å². The van der Waals surface area contributed by atoms with Crippen LogP contribution in [0.2, 0.25) is 0 Å². The lowest BCUT2D eigenvalue weighted by atomic mass is 10.0. The van der Waals surface area contributed by atoms with Gasteiger partial charge in [-0.15, -0.1) is 0 Å². The highest BCUT2D eigenvalue weighted by Gasteiger charge is 2.28. The maximum Gasteiger partial charge on any atom is 0.252 e. The Hall–Kier alpha value is -2.77. The number of rotatable bonds is 8. The van der Waals surface area contributed by atoms with E-state index in [0.717, 1.165) is 0 Å². The second kappa shape index (κ2) is 10.1. The average Bonchev–Trinajstić information content (AvgIpc) is 2.63. The number of benzene rings is 1. The Morgan fingerprint density at radius 3 is 1.79 bits per heavy atom. The maximum absolute atomic E-state index is 12.7. The van der Waals surface area contributed by atoms with Crippen LogP contribution in [0, 0.1) is 5.92 Å². The summed E-state index contributed by atoms with van der Waals surface area (Å²) in [5.41, 5.74) is -0.106. The zero-order valence-corrected chi connectivity index (χ0v) is 18.5. The normalized spacial score (nSPS) is 13.3. The number of carbonyl (C=O) groups is 3. The molecule has 1 rings (SSSR count). The molecule has 8 heteroatoms. The Labute approximate surface area is 172 Å².